The van der Waals surface area contributed by atoms with E-state index in [-0.39, 0.29) is 0 Å². The highest BCUT2D eigenvalue weighted by atomic mass is 32.2. The molecule has 2 heterocycles. The minimum absolute atomic E-state index is 0.295. The summed E-state index contributed by atoms with van der Waals surface area (Å²) >= 11 is 0.636. The summed E-state index contributed by atoms with van der Waals surface area (Å²) in [6.45, 7) is 1.27. The summed E-state index contributed by atoms with van der Waals surface area (Å²) in [6.07, 6.45) is 1.87. The summed E-state index contributed by atoms with van der Waals surface area (Å²) in [4.78, 5) is 10.5. The van der Waals surface area contributed by atoms with Gasteiger partial charge in [-0.25, -0.2) is 4.98 Å². The predicted molar refractivity (Wildman–Crippen MR) is 75.2 cm³/mol. The number of methoxy groups -OCH3 is 1. The number of rotatable bonds is 3. The van der Waals surface area contributed by atoms with E-state index in [4.69, 9.17) is 4.74 Å². The second-order valence-electron chi connectivity index (χ2n) is 3.87. The van der Waals surface area contributed by atoms with Crippen LogP contribution in [-0.4, -0.2) is 52.5 Å². The molecule has 0 bridgehead atoms. The second kappa shape index (κ2) is 6.32. The van der Waals surface area contributed by atoms with Gasteiger partial charge in [0.15, 0.2) is 16.5 Å². The van der Waals surface area contributed by atoms with Gasteiger partial charge in [0.1, 0.15) is 17.6 Å². The number of anilines is 1. The summed E-state index contributed by atoms with van der Waals surface area (Å²) in [5.74, 6) is 2.08. The van der Waals surface area contributed by atoms with E-state index in [0.717, 1.165) is 0 Å². The molecule has 0 amide bonds. The number of nitrogens with zero attached hydrogens (tertiary/aromatic N) is 4. The SMILES string of the molecule is COc1nc(SC)nc(N2CC[S+]([O-])CC2)c1C#N. The standard InChI is InChI=1S/C11H14N4O2S2/c1-17-10-8(7-12)9(13-11(14-10)18-2)15-3-5-19(16)6-4-15/h3-6H2,1-2H3. The van der Waals surface area contributed by atoms with E-state index in [1.165, 1.54) is 18.9 Å². The molecule has 1 fully saturated rings. The van der Waals surface area contributed by atoms with Gasteiger partial charge in [0, 0.05) is 0 Å². The van der Waals surface area contributed by atoms with Crippen LogP contribution in [0, 0.1) is 11.3 Å². The Morgan fingerprint density at radius 3 is 2.63 bits per heavy atom. The lowest BCUT2D eigenvalue weighted by atomic mass is 10.3. The normalized spacial score (nSPS) is 16.2. The lowest BCUT2D eigenvalue weighted by molar-refractivity contribution is 0.391. The molecule has 1 aromatic rings. The minimum atomic E-state index is -0.762. The molecule has 0 unspecified atom stereocenters. The summed E-state index contributed by atoms with van der Waals surface area (Å²) in [5, 5.41) is 9.84. The fourth-order valence-electron chi connectivity index (χ4n) is 1.83. The monoisotopic (exact) mass is 298 g/mol. The van der Waals surface area contributed by atoms with Crippen molar-refractivity contribution in [2.75, 3.05) is 42.9 Å². The summed E-state index contributed by atoms with van der Waals surface area (Å²) < 4.78 is 16.6. The zero-order valence-corrected chi connectivity index (χ0v) is 12.4. The molecule has 0 aromatic carbocycles. The van der Waals surface area contributed by atoms with Gasteiger partial charge in [-0.15, -0.1) is 0 Å². The molecule has 1 aliphatic heterocycles. The number of aromatic nitrogens is 2. The van der Waals surface area contributed by atoms with E-state index < -0.39 is 11.2 Å². The average molecular weight is 298 g/mol. The predicted octanol–water partition coefficient (Wildman–Crippen LogP) is 0.647. The molecule has 102 valence electrons. The fourth-order valence-corrected chi connectivity index (χ4v) is 3.23. The van der Waals surface area contributed by atoms with Gasteiger partial charge in [0.05, 0.1) is 20.2 Å². The molecule has 0 aliphatic carbocycles. The van der Waals surface area contributed by atoms with E-state index in [1.54, 1.807) is 0 Å². The molecular weight excluding hydrogens is 284 g/mol. The third-order valence-corrected chi connectivity index (χ3v) is 4.62. The van der Waals surface area contributed by atoms with Gasteiger partial charge >= 0.3 is 0 Å². The molecule has 8 heteroatoms. The Balaban J connectivity index is 2.40. The van der Waals surface area contributed by atoms with Crippen molar-refractivity contribution in [1.29, 1.82) is 5.26 Å². The third-order valence-electron chi connectivity index (χ3n) is 2.80. The lowest BCUT2D eigenvalue weighted by Gasteiger charge is -2.29. The van der Waals surface area contributed by atoms with Crippen LogP contribution in [0.1, 0.15) is 5.56 Å². The lowest BCUT2D eigenvalue weighted by Crippen LogP contribution is -2.41. The van der Waals surface area contributed by atoms with Crippen molar-refractivity contribution in [3.8, 4) is 11.9 Å². The topological polar surface area (TPSA) is 85.1 Å². The van der Waals surface area contributed by atoms with Gasteiger partial charge < -0.3 is 14.2 Å². The average Bonchev–Trinajstić information content (AvgIpc) is 2.46. The van der Waals surface area contributed by atoms with Crippen LogP contribution in [0.25, 0.3) is 0 Å². The van der Waals surface area contributed by atoms with Gasteiger partial charge in [0.2, 0.25) is 5.88 Å². The molecule has 0 N–H and O–H groups in total. The molecule has 0 atom stereocenters. The smallest absolute Gasteiger partial charge is 0.237 e. The maximum absolute atomic E-state index is 11.4. The third kappa shape index (κ3) is 3.05. The van der Waals surface area contributed by atoms with Crippen LogP contribution in [0.3, 0.4) is 0 Å². The summed E-state index contributed by atoms with van der Waals surface area (Å²) in [5.41, 5.74) is 0.341. The van der Waals surface area contributed by atoms with Crippen LogP contribution in [0.4, 0.5) is 5.82 Å². The first kappa shape index (κ1) is 14.2. The molecule has 0 radical (unpaired) electrons. The summed E-state index contributed by atoms with van der Waals surface area (Å²) in [6, 6.07) is 2.10. The zero-order chi connectivity index (χ0) is 13.8. The summed E-state index contributed by atoms with van der Waals surface area (Å²) in [7, 11) is 1.49. The molecule has 6 nitrogen and oxygen atoms in total. The Morgan fingerprint density at radius 1 is 1.42 bits per heavy atom. The Morgan fingerprint density at radius 2 is 2.11 bits per heavy atom. The molecule has 0 saturated carbocycles. The maximum Gasteiger partial charge on any atom is 0.237 e. The molecule has 1 saturated heterocycles. The van der Waals surface area contributed by atoms with Crippen LogP contribution >= 0.6 is 11.8 Å². The first-order valence-corrected chi connectivity index (χ1v) is 8.41. The fraction of sp³-hybridized carbons (Fsp3) is 0.545. The van der Waals surface area contributed by atoms with E-state index in [2.05, 4.69) is 16.0 Å². The quantitative estimate of drug-likeness (QED) is 0.460. The van der Waals surface area contributed by atoms with Crippen molar-refractivity contribution in [3.63, 3.8) is 0 Å². The highest BCUT2D eigenvalue weighted by Gasteiger charge is 2.25. The molecule has 2 rings (SSSR count). The van der Waals surface area contributed by atoms with Crippen LogP contribution in [0.2, 0.25) is 0 Å². The van der Waals surface area contributed by atoms with Gasteiger partial charge in [-0.1, -0.05) is 22.9 Å². The Bertz CT molecular complexity index is 498. The second-order valence-corrected chi connectivity index (χ2v) is 6.33. The van der Waals surface area contributed by atoms with E-state index >= 15 is 0 Å². The van der Waals surface area contributed by atoms with Crippen LogP contribution in [0.15, 0.2) is 5.16 Å². The Hall–Kier alpha value is -1.17. The zero-order valence-electron chi connectivity index (χ0n) is 10.8. The number of thioether (sulfide) groups is 1. The van der Waals surface area contributed by atoms with Crippen LogP contribution in [-0.2, 0) is 11.2 Å². The van der Waals surface area contributed by atoms with Gasteiger partial charge in [0.25, 0.3) is 0 Å². The van der Waals surface area contributed by atoms with Gasteiger partial charge in [-0.3, -0.25) is 0 Å². The van der Waals surface area contributed by atoms with E-state index in [0.29, 0.717) is 47.0 Å². The van der Waals surface area contributed by atoms with E-state index in [1.807, 2.05) is 11.2 Å². The number of hydrogen-bond donors (Lipinski definition) is 0. The minimum Gasteiger partial charge on any atom is -0.616 e. The maximum atomic E-state index is 11.4. The Kier molecular flexibility index (Phi) is 4.74. The number of ether oxygens (including phenoxy) is 1. The van der Waals surface area contributed by atoms with Crippen molar-refractivity contribution < 1.29 is 9.29 Å². The van der Waals surface area contributed by atoms with Crippen molar-refractivity contribution >= 4 is 28.8 Å². The number of nitriles is 1. The first-order valence-electron chi connectivity index (χ1n) is 5.69. The van der Waals surface area contributed by atoms with Crippen molar-refractivity contribution in [2.45, 2.75) is 5.16 Å². The molecule has 0 spiro atoms. The van der Waals surface area contributed by atoms with Crippen molar-refractivity contribution in [1.82, 2.24) is 9.97 Å². The number of hydrogen-bond acceptors (Lipinski definition) is 7. The van der Waals surface area contributed by atoms with Gasteiger partial charge in [-0.05, 0) is 6.26 Å². The Labute approximate surface area is 119 Å². The highest BCUT2D eigenvalue weighted by Crippen LogP contribution is 2.28. The van der Waals surface area contributed by atoms with Crippen LogP contribution in [0.5, 0.6) is 5.88 Å². The molecule has 1 aromatic heterocycles. The van der Waals surface area contributed by atoms with Crippen molar-refractivity contribution in [3.05, 3.63) is 5.56 Å². The molecule has 19 heavy (non-hydrogen) atoms. The molecular formula is C11H14N4O2S2. The van der Waals surface area contributed by atoms with Crippen LogP contribution < -0.4 is 9.64 Å². The van der Waals surface area contributed by atoms with E-state index in [9.17, 15) is 9.81 Å². The van der Waals surface area contributed by atoms with Gasteiger partial charge in [-0.2, -0.15) is 10.2 Å². The molecule has 1 aliphatic rings. The van der Waals surface area contributed by atoms with Crippen molar-refractivity contribution in [2.24, 2.45) is 0 Å². The highest BCUT2D eigenvalue weighted by molar-refractivity contribution is 7.98. The first-order chi connectivity index (χ1) is 9.19. The largest absolute Gasteiger partial charge is 0.616 e.